The zero-order chi connectivity index (χ0) is 45.7. The summed E-state index contributed by atoms with van der Waals surface area (Å²) < 4.78 is 12.1. The third kappa shape index (κ3) is 13.8. The summed E-state index contributed by atoms with van der Waals surface area (Å²) in [6.45, 7) is 13.4. The molecule has 6 rings (SSSR count). The van der Waals surface area contributed by atoms with Crippen molar-refractivity contribution in [3.8, 4) is 35.8 Å². The van der Waals surface area contributed by atoms with Crippen molar-refractivity contribution in [3.63, 3.8) is 0 Å². The molecule has 3 N–H and O–H groups in total. The summed E-state index contributed by atoms with van der Waals surface area (Å²) in [7, 11) is 0. The molecule has 0 saturated carbocycles. The van der Waals surface area contributed by atoms with Gasteiger partial charge in [0.15, 0.2) is 6.29 Å². The molecule has 0 amide bonds. The molecular formula is C52H52N8O3. The summed E-state index contributed by atoms with van der Waals surface area (Å²) in [6.07, 6.45) is 4.48. The van der Waals surface area contributed by atoms with Gasteiger partial charge in [0, 0.05) is 34.7 Å². The lowest BCUT2D eigenvalue weighted by Gasteiger charge is -2.19. The van der Waals surface area contributed by atoms with Crippen molar-refractivity contribution in [2.45, 2.75) is 87.0 Å². The number of aryl methyl sites for hydroxylation is 4. The number of aromatic nitrogens is 2. The minimum atomic E-state index is 0.338. The summed E-state index contributed by atoms with van der Waals surface area (Å²) in [5, 5.41) is 38.8. The van der Waals surface area contributed by atoms with E-state index in [4.69, 9.17) is 41.2 Å². The predicted molar refractivity (Wildman–Crippen MR) is 246 cm³/mol. The molecule has 63 heavy (non-hydrogen) atoms. The van der Waals surface area contributed by atoms with Crippen LogP contribution in [-0.4, -0.2) is 16.3 Å². The largest absolute Gasteiger partial charge is 0.487 e. The molecule has 2 aromatic heterocycles. The highest BCUT2D eigenvalue weighted by Crippen LogP contribution is 2.30. The van der Waals surface area contributed by atoms with Crippen molar-refractivity contribution >= 4 is 17.7 Å². The number of benzene rings is 4. The summed E-state index contributed by atoms with van der Waals surface area (Å²) in [5.74, 6) is 1.44. The fourth-order valence-corrected chi connectivity index (χ4v) is 6.74. The first-order valence-electron chi connectivity index (χ1n) is 20.7. The fourth-order valence-electron chi connectivity index (χ4n) is 6.74. The number of nitrogens with zero attached hydrogens (tertiary/aromatic N) is 6. The van der Waals surface area contributed by atoms with Gasteiger partial charge in [0.1, 0.15) is 24.7 Å². The van der Waals surface area contributed by atoms with Gasteiger partial charge in [-0.15, -0.1) is 0 Å². The molecule has 0 atom stereocenters. The first-order chi connectivity index (χ1) is 30.5. The van der Waals surface area contributed by atoms with Crippen molar-refractivity contribution < 1.29 is 14.3 Å². The second-order valence-electron chi connectivity index (χ2n) is 14.7. The summed E-state index contributed by atoms with van der Waals surface area (Å²) in [5.41, 5.74) is 18.6. The SMILES string of the molecule is CCCc1nc(C)c(OCc2cccc(C#N)c2)c(C)c1C=O.CCCc1nc(C)c(OCc2cccc(C#N)c2)c(C)c1CNc1ccc(C#N)cc1.N#Cc1ccc(N)cc1. The first-order valence-corrected chi connectivity index (χ1v) is 20.7. The van der Waals surface area contributed by atoms with Crippen LogP contribution in [0.15, 0.2) is 97.1 Å². The molecule has 11 heteroatoms. The zero-order valence-corrected chi connectivity index (χ0v) is 36.8. The van der Waals surface area contributed by atoms with Gasteiger partial charge >= 0.3 is 0 Å². The Labute approximate surface area is 371 Å². The van der Waals surface area contributed by atoms with Gasteiger partial charge in [-0.2, -0.15) is 21.0 Å². The number of pyridine rings is 2. The maximum absolute atomic E-state index is 11.4. The number of anilines is 2. The zero-order valence-electron chi connectivity index (χ0n) is 36.8. The van der Waals surface area contributed by atoms with E-state index in [0.717, 1.165) is 94.0 Å². The average molecular weight is 837 g/mol. The molecule has 0 saturated heterocycles. The van der Waals surface area contributed by atoms with E-state index in [0.29, 0.717) is 59.0 Å². The highest BCUT2D eigenvalue weighted by molar-refractivity contribution is 5.80. The van der Waals surface area contributed by atoms with Crippen LogP contribution < -0.4 is 20.5 Å². The molecule has 2 heterocycles. The van der Waals surface area contributed by atoms with Gasteiger partial charge in [-0.05, 0) is 136 Å². The molecule has 0 aliphatic heterocycles. The van der Waals surface area contributed by atoms with Gasteiger partial charge in [0.05, 0.1) is 63.6 Å². The smallest absolute Gasteiger partial charge is 0.152 e. The van der Waals surface area contributed by atoms with Gasteiger partial charge in [0.25, 0.3) is 0 Å². The van der Waals surface area contributed by atoms with Crippen LogP contribution in [0.2, 0.25) is 0 Å². The Bertz CT molecular complexity index is 2670. The third-order valence-corrected chi connectivity index (χ3v) is 9.95. The van der Waals surface area contributed by atoms with Gasteiger partial charge in [-0.25, -0.2) is 0 Å². The Balaban J connectivity index is 0.000000237. The highest BCUT2D eigenvalue weighted by atomic mass is 16.5. The number of ether oxygens (including phenoxy) is 2. The molecular weight excluding hydrogens is 785 g/mol. The van der Waals surface area contributed by atoms with Gasteiger partial charge in [-0.1, -0.05) is 51.0 Å². The minimum Gasteiger partial charge on any atom is -0.487 e. The Morgan fingerprint density at radius 3 is 1.56 bits per heavy atom. The van der Waals surface area contributed by atoms with Crippen molar-refractivity contribution in [2.75, 3.05) is 11.1 Å². The van der Waals surface area contributed by atoms with Crippen LogP contribution in [-0.2, 0) is 32.6 Å². The monoisotopic (exact) mass is 836 g/mol. The van der Waals surface area contributed by atoms with Crippen LogP contribution in [0.25, 0.3) is 0 Å². The molecule has 0 aliphatic carbocycles. The van der Waals surface area contributed by atoms with Crippen LogP contribution in [0.1, 0.15) is 110 Å². The lowest BCUT2D eigenvalue weighted by atomic mass is 10.0. The summed E-state index contributed by atoms with van der Waals surface area (Å²) in [4.78, 5) is 20.8. The van der Waals surface area contributed by atoms with E-state index >= 15 is 0 Å². The Hall–Kier alpha value is -7.99. The second kappa shape index (κ2) is 24.3. The number of nitriles is 4. The second-order valence-corrected chi connectivity index (χ2v) is 14.7. The first kappa shape index (κ1) is 47.7. The molecule has 0 bridgehead atoms. The molecule has 0 aliphatic rings. The fraction of sp³-hybridized carbons (Fsp3) is 0.250. The molecule has 6 aromatic rings. The number of nitrogen functional groups attached to an aromatic ring is 1. The van der Waals surface area contributed by atoms with Crippen molar-refractivity contribution in [2.24, 2.45) is 0 Å². The van der Waals surface area contributed by atoms with Gasteiger partial charge < -0.3 is 20.5 Å². The van der Waals surface area contributed by atoms with Crippen LogP contribution in [0.4, 0.5) is 11.4 Å². The van der Waals surface area contributed by atoms with E-state index < -0.39 is 0 Å². The van der Waals surface area contributed by atoms with Crippen molar-refractivity contribution in [3.05, 3.63) is 175 Å². The number of hydrogen-bond acceptors (Lipinski definition) is 11. The maximum atomic E-state index is 11.4. The highest BCUT2D eigenvalue weighted by Gasteiger charge is 2.17. The molecule has 4 aromatic carbocycles. The van der Waals surface area contributed by atoms with E-state index in [-0.39, 0.29) is 0 Å². The van der Waals surface area contributed by atoms with Crippen molar-refractivity contribution in [1.82, 2.24) is 9.97 Å². The molecule has 318 valence electrons. The standard InChI is InChI=1S/C26H26N4O.C19H20N2O2.C7H6N2/c1-4-6-25-24(16-29-23-11-9-20(14-27)10-12-23)18(2)26(19(3)30-25)31-17-22-8-5-7-21(13-22)15-28;1-4-6-18-17(11-22)13(2)19(14(3)21-18)23-12-16-8-5-7-15(9-16)10-20;8-5-6-1-3-7(9)4-2-6/h5,7-13,29H,4,6,16-17H2,1-3H3;5,7-9,11H,4,6,12H2,1-3H3;1-4H,9H2. The van der Waals surface area contributed by atoms with Crippen LogP contribution >= 0.6 is 0 Å². The number of nitrogens with one attached hydrogen (secondary N) is 1. The predicted octanol–water partition coefficient (Wildman–Crippen LogP) is 10.6. The van der Waals surface area contributed by atoms with Gasteiger partial charge in [0.2, 0.25) is 0 Å². The number of rotatable bonds is 14. The minimum absolute atomic E-state index is 0.338. The molecule has 0 spiro atoms. The van der Waals surface area contributed by atoms with E-state index in [9.17, 15) is 4.79 Å². The van der Waals surface area contributed by atoms with E-state index in [1.54, 1.807) is 54.6 Å². The normalized spacial score (nSPS) is 9.94. The van der Waals surface area contributed by atoms with Crippen LogP contribution in [0.3, 0.4) is 0 Å². The maximum Gasteiger partial charge on any atom is 0.152 e. The average Bonchev–Trinajstić information content (AvgIpc) is 3.30. The molecule has 0 radical (unpaired) electrons. The van der Waals surface area contributed by atoms with E-state index in [2.05, 4.69) is 49.3 Å². The summed E-state index contributed by atoms with van der Waals surface area (Å²) in [6, 6.07) is 37.4. The van der Waals surface area contributed by atoms with Crippen molar-refractivity contribution in [1.29, 1.82) is 21.0 Å². The van der Waals surface area contributed by atoms with Crippen LogP contribution in [0.5, 0.6) is 11.5 Å². The number of carbonyl (C=O) groups is 1. The molecule has 11 nitrogen and oxygen atoms in total. The Kier molecular flexibility index (Phi) is 18.4. The molecule has 0 fully saturated rings. The summed E-state index contributed by atoms with van der Waals surface area (Å²) >= 11 is 0. The van der Waals surface area contributed by atoms with E-state index in [1.807, 2.05) is 69.3 Å². The van der Waals surface area contributed by atoms with Crippen LogP contribution in [0, 0.1) is 73.0 Å². The third-order valence-electron chi connectivity index (χ3n) is 9.95. The number of carbonyl (C=O) groups excluding carboxylic acids is 1. The Morgan fingerprint density at radius 1 is 0.619 bits per heavy atom. The Morgan fingerprint density at radius 2 is 1.08 bits per heavy atom. The number of hydrogen-bond donors (Lipinski definition) is 2. The number of nitrogens with two attached hydrogens (primary N) is 1. The van der Waals surface area contributed by atoms with Gasteiger partial charge in [-0.3, -0.25) is 14.8 Å². The number of aldehydes is 1. The quantitative estimate of drug-likeness (QED) is 0.0783. The lowest BCUT2D eigenvalue weighted by Crippen LogP contribution is -2.11. The molecule has 0 unspecified atom stereocenters. The van der Waals surface area contributed by atoms with E-state index in [1.165, 1.54) is 0 Å². The lowest BCUT2D eigenvalue weighted by molar-refractivity contribution is 0.112. The topological polar surface area (TPSA) is 195 Å².